The van der Waals surface area contributed by atoms with Crippen LogP contribution < -0.4 is 5.32 Å². The second-order valence-corrected chi connectivity index (χ2v) is 7.80. The molecule has 8 heteroatoms. The average Bonchev–Trinajstić information content (AvgIpc) is 3.07. The van der Waals surface area contributed by atoms with Crippen LogP contribution in [0.25, 0.3) is 0 Å². The van der Waals surface area contributed by atoms with Gasteiger partial charge in [-0.25, -0.2) is 5.06 Å². The number of amides is 3. The summed E-state index contributed by atoms with van der Waals surface area (Å²) in [5, 5.41) is 13.5. The second kappa shape index (κ2) is 7.52. The first-order valence-corrected chi connectivity index (χ1v) is 9.75. The van der Waals surface area contributed by atoms with Gasteiger partial charge in [-0.1, -0.05) is 6.07 Å². The molecule has 1 aliphatic carbocycles. The Hall–Kier alpha value is -2.45. The minimum Gasteiger partial charge on any atom is -0.378 e. The number of nitrogens with zero attached hydrogens (tertiary/aromatic N) is 2. The maximum Gasteiger partial charge on any atom is 0.277 e. The lowest BCUT2D eigenvalue weighted by Crippen LogP contribution is -2.46. The lowest BCUT2D eigenvalue weighted by atomic mass is 9.70. The van der Waals surface area contributed by atoms with E-state index in [9.17, 15) is 19.6 Å². The van der Waals surface area contributed by atoms with E-state index < -0.39 is 5.91 Å². The number of carbonyl (C=O) groups excluding carboxylic acids is 3. The van der Waals surface area contributed by atoms with E-state index in [4.69, 9.17) is 4.74 Å². The summed E-state index contributed by atoms with van der Waals surface area (Å²) in [6.45, 7) is 2.22. The van der Waals surface area contributed by atoms with Gasteiger partial charge < -0.3 is 15.0 Å². The number of benzene rings is 1. The molecular formula is C20H25N3O5. The molecule has 0 aromatic heterocycles. The molecule has 1 aromatic rings. The van der Waals surface area contributed by atoms with Crippen LogP contribution in [-0.2, 0) is 27.2 Å². The number of rotatable bonds is 3. The molecule has 2 heterocycles. The molecule has 2 saturated heterocycles. The number of hydroxylamine groups is 2. The fourth-order valence-corrected chi connectivity index (χ4v) is 4.38. The summed E-state index contributed by atoms with van der Waals surface area (Å²) in [6.07, 6.45) is 3.02. The third kappa shape index (κ3) is 3.49. The fraction of sp³-hybridized carbons (Fsp3) is 0.550. The normalized spacial score (nSPS) is 24.0. The van der Waals surface area contributed by atoms with Crippen LogP contribution >= 0.6 is 0 Å². The van der Waals surface area contributed by atoms with Gasteiger partial charge in [0.1, 0.15) is 6.54 Å². The Morgan fingerprint density at radius 2 is 2.00 bits per heavy atom. The van der Waals surface area contributed by atoms with Crippen LogP contribution in [0.15, 0.2) is 18.2 Å². The first kappa shape index (κ1) is 18.9. The molecule has 0 unspecified atom stereocenters. The van der Waals surface area contributed by atoms with Crippen LogP contribution in [0.2, 0.25) is 0 Å². The van der Waals surface area contributed by atoms with Crippen LogP contribution in [0.3, 0.4) is 0 Å². The van der Waals surface area contributed by atoms with Crippen LogP contribution in [0.4, 0.5) is 0 Å². The first-order valence-electron chi connectivity index (χ1n) is 9.75. The molecule has 1 atom stereocenters. The molecule has 0 saturated carbocycles. The number of carbonyl (C=O) groups is 3. The number of morpholine rings is 1. The number of ether oxygens (including phenoxy) is 1. The number of fused-ring (bicyclic) bond motifs is 1. The minimum atomic E-state index is -0.594. The van der Waals surface area contributed by atoms with Crippen molar-refractivity contribution in [1.29, 1.82) is 0 Å². The predicted octanol–water partition coefficient (Wildman–Crippen LogP) is 0.372. The highest BCUT2D eigenvalue weighted by Crippen LogP contribution is 2.41. The Bertz CT molecular complexity index is 805. The van der Waals surface area contributed by atoms with Gasteiger partial charge in [0.2, 0.25) is 11.8 Å². The molecule has 150 valence electrons. The largest absolute Gasteiger partial charge is 0.378 e. The average molecular weight is 387 g/mol. The Kier molecular flexibility index (Phi) is 5.07. The van der Waals surface area contributed by atoms with Crippen molar-refractivity contribution >= 4 is 17.7 Å². The maximum atomic E-state index is 12.6. The number of aryl methyl sites for hydroxylation is 1. The van der Waals surface area contributed by atoms with E-state index in [0.29, 0.717) is 43.4 Å². The summed E-state index contributed by atoms with van der Waals surface area (Å²) in [5.41, 5.74) is 2.15. The lowest BCUT2D eigenvalue weighted by molar-refractivity contribution is -0.144. The zero-order valence-electron chi connectivity index (χ0n) is 15.8. The summed E-state index contributed by atoms with van der Waals surface area (Å²) < 4.78 is 5.20. The van der Waals surface area contributed by atoms with E-state index in [1.54, 1.807) is 17.0 Å². The maximum absolute atomic E-state index is 12.6. The SMILES string of the molecule is O=C(c1ccc2c(c1)CC[C@]1(CCNC1=O)C2)N(O)CC(=O)N1CCOCC1. The van der Waals surface area contributed by atoms with E-state index in [0.717, 1.165) is 36.9 Å². The van der Waals surface area contributed by atoms with E-state index in [1.807, 2.05) is 6.07 Å². The molecule has 0 bridgehead atoms. The van der Waals surface area contributed by atoms with E-state index >= 15 is 0 Å². The highest BCUT2D eigenvalue weighted by atomic mass is 16.5. The highest BCUT2D eigenvalue weighted by Gasteiger charge is 2.44. The van der Waals surface area contributed by atoms with Crippen molar-refractivity contribution in [3.05, 3.63) is 34.9 Å². The quantitative estimate of drug-likeness (QED) is 0.577. The Labute approximate surface area is 163 Å². The molecule has 8 nitrogen and oxygen atoms in total. The molecule has 2 N–H and O–H groups in total. The third-order valence-corrected chi connectivity index (χ3v) is 6.11. The standard InChI is InChI=1S/C20H25N3O5/c24-17(22-7-9-28-10-8-22)13-23(27)18(25)15-1-2-16-12-20(4-3-14(16)11-15)5-6-21-19(20)26/h1-2,11,27H,3-10,12-13H2,(H,21,26)/t20-/m0/s1. The highest BCUT2D eigenvalue weighted by molar-refractivity contribution is 5.96. The van der Waals surface area contributed by atoms with E-state index in [1.165, 1.54) is 0 Å². The molecular weight excluding hydrogens is 362 g/mol. The van der Waals surface area contributed by atoms with Gasteiger partial charge in [0.15, 0.2) is 0 Å². The smallest absolute Gasteiger partial charge is 0.277 e. The zero-order chi connectivity index (χ0) is 19.7. The van der Waals surface area contributed by atoms with E-state index in [2.05, 4.69) is 5.32 Å². The van der Waals surface area contributed by atoms with Gasteiger partial charge >= 0.3 is 0 Å². The summed E-state index contributed by atoms with van der Waals surface area (Å²) in [4.78, 5) is 38.6. The summed E-state index contributed by atoms with van der Waals surface area (Å²) in [6, 6.07) is 5.31. The van der Waals surface area contributed by atoms with Crippen LogP contribution in [0.1, 0.15) is 34.3 Å². The van der Waals surface area contributed by atoms with Crippen molar-refractivity contribution in [2.75, 3.05) is 39.4 Å². The molecule has 2 fully saturated rings. The van der Waals surface area contributed by atoms with Gasteiger partial charge in [-0.05, 0) is 48.9 Å². The lowest BCUT2D eigenvalue weighted by Gasteiger charge is -2.32. The molecule has 1 aromatic carbocycles. The fourth-order valence-electron chi connectivity index (χ4n) is 4.38. The molecule has 2 aliphatic heterocycles. The Balaban J connectivity index is 1.42. The Morgan fingerprint density at radius 1 is 1.21 bits per heavy atom. The topological polar surface area (TPSA) is 99.2 Å². The van der Waals surface area contributed by atoms with Gasteiger partial charge in [-0.3, -0.25) is 19.6 Å². The molecule has 3 amide bonds. The van der Waals surface area contributed by atoms with Gasteiger partial charge in [0.05, 0.1) is 18.6 Å². The monoisotopic (exact) mass is 387 g/mol. The van der Waals surface area contributed by atoms with Crippen molar-refractivity contribution < 1.29 is 24.3 Å². The van der Waals surface area contributed by atoms with Crippen molar-refractivity contribution in [1.82, 2.24) is 15.3 Å². The van der Waals surface area contributed by atoms with Gasteiger partial charge in [0.25, 0.3) is 5.91 Å². The molecule has 0 radical (unpaired) electrons. The van der Waals surface area contributed by atoms with E-state index in [-0.39, 0.29) is 23.8 Å². The molecule has 3 aliphatic rings. The predicted molar refractivity (Wildman–Crippen MR) is 98.7 cm³/mol. The van der Waals surface area contributed by atoms with Crippen LogP contribution in [0.5, 0.6) is 0 Å². The molecule has 28 heavy (non-hydrogen) atoms. The summed E-state index contributed by atoms with van der Waals surface area (Å²) in [7, 11) is 0. The summed E-state index contributed by atoms with van der Waals surface area (Å²) >= 11 is 0. The number of hydrogen-bond donors (Lipinski definition) is 2. The van der Waals surface area contributed by atoms with Crippen LogP contribution in [0, 0.1) is 5.41 Å². The number of nitrogens with one attached hydrogen (secondary N) is 1. The van der Waals surface area contributed by atoms with Crippen molar-refractivity contribution in [3.8, 4) is 0 Å². The first-order chi connectivity index (χ1) is 13.5. The van der Waals surface area contributed by atoms with Crippen LogP contribution in [-0.4, -0.2) is 72.3 Å². The van der Waals surface area contributed by atoms with Crippen molar-refractivity contribution in [2.24, 2.45) is 5.41 Å². The van der Waals surface area contributed by atoms with Gasteiger partial charge in [-0.2, -0.15) is 0 Å². The molecule has 4 rings (SSSR count). The second-order valence-electron chi connectivity index (χ2n) is 7.80. The third-order valence-electron chi connectivity index (χ3n) is 6.11. The zero-order valence-corrected chi connectivity index (χ0v) is 15.8. The van der Waals surface area contributed by atoms with Crippen molar-refractivity contribution in [2.45, 2.75) is 25.7 Å². The van der Waals surface area contributed by atoms with Gasteiger partial charge in [0, 0.05) is 25.2 Å². The number of hydrogen-bond acceptors (Lipinski definition) is 5. The van der Waals surface area contributed by atoms with Crippen molar-refractivity contribution in [3.63, 3.8) is 0 Å². The summed E-state index contributed by atoms with van der Waals surface area (Å²) in [5.74, 6) is -0.768. The minimum absolute atomic E-state index is 0.126. The molecule has 1 spiro atoms. The van der Waals surface area contributed by atoms with Gasteiger partial charge in [-0.15, -0.1) is 0 Å². The Morgan fingerprint density at radius 3 is 2.71 bits per heavy atom.